The highest BCUT2D eigenvalue weighted by Gasteiger charge is 2.42. The predicted octanol–water partition coefficient (Wildman–Crippen LogP) is 2.52. The number of nitrogens with zero attached hydrogens (tertiary/aromatic N) is 3. The van der Waals surface area contributed by atoms with Gasteiger partial charge < -0.3 is 14.9 Å². The molecular weight excluding hydrogens is 434 g/mol. The number of hydrogen-bond donors (Lipinski definition) is 4. The number of hydrogen-bond acceptors (Lipinski definition) is 7. The summed E-state index contributed by atoms with van der Waals surface area (Å²) >= 11 is 0. The molecule has 4 N–H and O–H groups in total. The van der Waals surface area contributed by atoms with Crippen molar-refractivity contribution in [3.8, 4) is 11.4 Å². The second-order valence-electron chi connectivity index (χ2n) is 9.79. The molecule has 1 aromatic carbocycles. The van der Waals surface area contributed by atoms with E-state index in [0.717, 1.165) is 50.5 Å². The fraction of sp³-hybridized carbons (Fsp3) is 0.560. The molecule has 0 saturated heterocycles. The molecule has 0 bridgehead atoms. The highest BCUT2D eigenvalue weighted by molar-refractivity contribution is 5.56. The van der Waals surface area contributed by atoms with E-state index in [-0.39, 0.29) is 17.9 Å². The molecular formula is C25H33N5O4. The molecule has 0 radical (unpaired) electrons. The summed E-state index contributed by atoms with van der Waals surface area (Å²) in [7, 11) is 0. The van der Waals surface area contributed by atoms with Gasteiger partial charge in [-0.25, -0.2) is 4.98 Å². The number of fused-ring (bicyclic) bond motifs is 1. The van der Waals surface area contributed by atoms with Crippen LogP contribution in [0.15, 0.2) is 41.2 Å². The third kappa shape index (κ3) is 4.79. The highest BCUT2D eigenvalue weighted by atomic mass is 16.5. The smallest absolute Gasteiger partial charge is 0.274 e. The Morgan fingerprint density at radius 3 is 2.50 bits per heavy atom. The number of benzene rings is 1. The Balaban J connectivity index is 1.32. The van der Waals surface area contributed by atoms with E-state index in [9.17, 15) is 15.0 Å². The summed E-state index contributed by atoms with van der Waals surface area (Å²) in [5.41, 5.74) is -0.458. The maximum absolute atomic E-state index is 12.7. The molecule has 34 heavy (non-hydrogen) atoms. The average Bonchev–Trinajstić information content (AvgIpc) is 3.50. The van der Waals surface area contributed by atoms with Crippen LogP contribution < -0.4 is 10.9 Å². The summed E-state index contributed by atoms with van der Waals surface area (Å²) < 4.78 is 7.64. The Kier molecular flexibility index (Phi) is 6.52. The number of aromatic nitrogens is 4. The van der Waals surface area contributed by atoms with Crippen molar-refractivity contribution in [2.75, 3.05) is 6.54 Å². The number of H-pyrrole nitrogens is 1. The summed E-state index contributed by atoms with van der Waals surface area (Å²) in [6.45, 7) is 0.447. The second kappa shape index (κ2) is 9.58. The van der Waals surface area contributed by atoms with Gasteiger partial charge in [0.15, 0.2) is 5.82 Å². The van der Waals surface area contributed by atoms with Crippen molar-refractivity contribution in [1.82, 2.24) is 24.9 Å². The van der Waals surface area contributed by atoms with E-state index in [4.69, 9.17) is 4.74 Å². The molecule has 182 valence electrons. The van der Waals surface area contributed by atoms with Gasteiger partial charge in [-0.15, -0.1) is 0 Å². The molecule has 2 saturated carbocycles. The standard InChI is InChI=1S/C25H33N5O4/c31-20-15-19(27-23-28-21(29-30(20)23)18-9-3-1-4-10-18)16-34-25(13-5-2-6-14-25)22(32)26-17-24(33)11-7-8-12-24/h1,3-4,9-10,15,22,26,32-33H,2,5-8,11-14,16-17H2,(H,27,28,29). The Hall–Kier alpha value is -2.59. The minimum absolute atomic E-state index is 0.0995. The Morgan fingerprint density at radius 2 is 1.76 bits per heavy atom. The molecule has 2 fully saturated rings. The van der Waals surface area contributed by atoms with Crippen LogP contribution in [0.3, 0.4) is 0 Å². The van der Waals surface area contributed by atoms with Gasteiger partial charge in [-0.1, -0.05) is 62.4 Å². The molecule has 5 rings (SSSR count). The van der Waals surface area contributed by atoms with Crippen molar-refractivity contribution < 1.29 is 14.9 Å². The lowest BCUT2D eigenvalue weighted by molar-refractivity contribution is -0.164. The number of aliphatic hydroxyl groups is 2. The van der Waals surface area contributed by atoms with Gasteiger partial charge in [0.1, 0.15) is 11.8 Å². The zero-order valence-electron chi connectivity index (χ0n) is 19.4. The van der Waals surface area contributed by atoms with E-state index in [1.165, 1.54) is 10.6 Å². The van der Waals surface area contributed by atoms with E-state index < -0.39 is 17.4 Å². The SMILES string of the molecule is O=c1cc(COC2(C(O)NCC3(O)CCCC3)CCCCC2)nc2nc(-c3ccccc3)[nH]n12. The molecule has 0 amide bonds. The second-order valence-corrected chi connectivity index (χ2v) is 9.79. The van der Waals surface area contributed by atoms with Crippen LogP contribution in [0.2, 0.25) is 0 Å². The summed E-state index contributed by atoms with van der Waals surface area (Å²) in [5.74, 6) is 0.848. The van der Waals surface area contributed by atoms with E-state index >= 15 is 0 Å². The molecule has 2 aliphatic carbocycles. The summed E-state index contributed by atoms with van der Waals surface area (Å²) in [4.78, 5) is 21.7. The van der Waals surface area contributed by atoms with Crippen LogP contribution >= 0.6 is 0 Å². The molecule has 2 aliphatic rings. The lowest BCUT2D eigenvalue weighted by atomic mass is 9.82. The quantitative estimate of drug-likeness (QED) is 0.375. The van der Waals surface area contributed by atoms with Gasteiger partial charge in [-0.2, -0.15) is 9.50 Å². The summed E-state index contributed by atoms with van der Waals surface area (Å²) in [6, 6.07) is 11.0. The normalized spacial score (nSPS) is 20.5. The van der Waals surface area contributed by atoms with Crippen LogP contribution in [-0.2, 0) is 11.3 Å². The number of aliphatic hydroxyl groups excluding tert-OH is 1. The molecule has 1 atom stereocenters. The Morgan fingerprint density at radius 1 is 1.06 bits per heavy atom. The van der Waals surface area contributed by atoms with Crippen LogP contribution in [-0.4, -0.2) is 53.8 Å². The van der Waals surface area contributed by atoms with E-state index in [2.05, 4.69) is 20.4 Å². The predicted molar refractivity (Wildman–Crippen MR) is 127 cm³/mol. The molecule has 9 heteroatoms. The third-order valence-corrected chi connectivity index (χ3v) is 7.30. The van der Waals surface area contributed by atoms with Crippen LogP contribution in [0.4, 0.5) is 0 Å². The first-order chi connectivity index (χ1) is 16.5. The van der Waals surface area contributed by atoms with Crippen molar-refractivity contribution in [1.29, 1.82) is 0 Å². The first kappa shape index (κ1) is 23.2. The molecule has 2 aromatic heterocycles. The molecule has 1 unspecified atom stereocenters. The molecule has 0 spiro atoms. The van der Waals surface area contributed by atoms with Gasteiger partial charge in [0.05, 0.1) is 17.9 Å². The maximum atomic E-state index is 12.7. The van der Waals surface area contributed by atoms with Crippen molar-refractivity contribution in [2.24, 2.45) is 0 Å². The fourth-order valence-electron chi connectivity index (χ4n) is 5.27. The molecule has 2 heterocycles. The van der Waals surface area contributed by atoms with Crippen molar-refractivity contribution >= 4 is 5.78 Å². The number of nitrogens with one attached hydrogen (secondary N) is 2. The number of aromatic amines is 1. The van der Waals surface area contributed by atoms with E-state index in [1.807, 2.05) is 30.3 Å². The van der Waals surface area contributed by atoms with Gasteiger partial charge >= 0.3 is 0 Å². The third-order valence-electron chi connectivity index (χ3n) is 7.30. The van der Waals surface area contributed by atoms with Crippen LogP contribution in [0, 0.1) is 0 Å². The zero-order chi connectivity index (χ0) is 23.6. The van der Waals surface area contributed by atoms with Gasteiger partial charge in [-0.3, -0.25) is 15.2 Å². The Labute approximate surface area is 198 Å². The van der Waals surface area contributed by atoms with Crippen molar-refractivity contribution in [3.63, 3.8) is 0 Å². The van der Waals surface area contributed by atoms with Gasteiger partial charge in [0.2, 0.25) is 0 Å². The Bertz CT molecular complexity index is 1160. The molecule has 0 aliphatic heterocycles. The van der Waals surface area contributed by atoms with Gasteiger partial charge in [-0.05, 0) is 25.7 Å². The fourth-order valence-corrected chi connectivity index (χ4v) is 5.27. The van der Waals surface area contributed by atoms with Crippen molar-refractivity contribution in [2.45, 2.75) is 81.8 Å². The number of ether oxygens (including phenoxy) is 1. The lowest BCUT2D eigenvalue weighted by Gasteiger charge is -2.42. The van der Waals surface area contributed by atoms with Gasteiger partial charge in [0, 0.05) is 18.2 Å². The monoisotopic (exact) mass is 467 g/mol. The molecule has 3 aromatic rings. The van der Waals surface area contributed by atoms with Crippen LogP contribution in [0.25, 0.3) is 17.2 Å². The van der Waals surface area contributed by atoms with Crippen molar-refractivity contribution in [3.05, 3.63) is 52.4 Å². The minimum atomic E-state index is -0.905. The zero-order valence-corrected chi connectivity index (χ0v) is 19.4. The summed E-state index contributed by atoms with van der Waals surface area (Å²) in [6.07, 6.45) is 7.06. The average molecular weight is 468 g/mol. The largest absolute Gasteiger partial charge is 0.389 e. The first-order valence-corrected chi connectivity index (χ1v) is 12.3. The maximum Gasteiger partial charge on any atom is 0.274 e. The first-order valence-electron chi connectivity index (χ1n) is 12.3. The van der Waals surface area contributed by atoms with E-state index in [0.29, 0.717) is 30.9 Å². The van der Waals surface area contributed by atoms with Crippen LogP contribution in [0.1, 0.15) is 63.5 Å². The number of rotatable bonds is 8. The van der Waals surface area contributed by atoms with Crippen LogP contribution in [0.5, 0.6) is 0 Å². The molecule has 9 nitrogen and oxygen atoms in total. The van der Waals surface area contributed by atoms with E-state index in [1.54, 1.807) is 0 Å². The summed E-state index contributed by atoms with van der Waals surface area (Å²) in [5, 5.41) is 27.9. The van der Waals surface area contributed by atoms with Gasteiger partial charge in [0.25, 0.3) is 11.3 Å². The highest BCUT2D eigenvalue weighted by Crippen LogP contribution is 2.35. The lowest BCUT2D eigenvalue weighted by Crippen LogP contribution is -2.56. The topological polar surface area (TPSA) is 125 Å². The minimum Gasteiger partial charge on any atom is -0.389 e.